The van der Waals surface area contributed by atoms with E-state index in [1.807, 2.05) is 17.5 Å². The van der Waals surface area contributed by atoms with E-state index in [0.717, 1.165) is 15.6 Å². The van der Waals surface area contributed by atoms with Gasteiger partial charge in [-0.15, -0.1) is 0 Å². The predicted octanol–water partition coefficient (Wildman–Crippen LogP) is 3.88. The van der Waals surface area contributed by atoms with Crippen LogP contribution in [0.25, 0.3) is 11.1 Å². The molecule has 2 aromatic rings. The third kappa shape index (κ3) is 1.92. The van der Waals surface area contributed by atoms with Gasteiger partial charge >= 0.3 is 0 Å². The summed E-state index contributed by atoms with van der Waals surface area (Å²) in [5.41, 5.74) is 2.18. The molecule has 13 heavy (non-hydrogen) atoms. The van der Waals surface area contributed by atoms with Gasteiger partial charge in [0, 0.05) is 4.47 Å². The van der Waals surface area contributed by atoms with Crippen molar-refractivity contribution in [3.8, 4) is 16.9 Å². The molecule has 0 unspecified atom stereocenters. The maximum atomic E-state index is 9.37. The SMILES string of the molecule is Oc1cc(Br)cc(-c2ccsc2)c1. The first kappa shape index (κ1) is 8.78. The highest BCUT2D eigenvalue weighted by molar-refractivity contribution is 9.10. The van der Waals surface area contributed by atoms with Gasteiger partial charge in [0.1, 0.15) is 5.75 Å². The van der Waals surface area contributed by atoms with Crippen molar-refractivity contribution in [3.63, 3.8) is 0 Å². The van der Waals surface area contributed by atoms with Crippen molar-refractivity contribution in [2.75, 3.05) is 0 Å². The van der Waals surface area contributed by atoms with E-state index in [9.17, 15) is 5.11 Å². The van der Waals surface area contributed by atoms with Gasteiger partial charge in [0.2, 0.25) is 0 Å². The lowest BCUT2D eigenvalue weighted by atomic mass is 10.1. The zero-order valence-corrected chi connectivity index (χ0v) is 9.10. The largest absolute Gasteiger partial charge is 0.508 e. The van der Waals surface area contributed by atoms with E-state index in [0.29, 0.717) is 0 Å². The Bertz CT molecular complexity index is 389. The highest BCUT2D eigenvalue weighted by Gasteiger charge is 2.00. The van der Waals surface area contributed by atoms with Gasteiger partial charge in [-0.2, -0.15) is 11.3 Å². The number of hydrogen-bond donors (Lipinski definition) is 1. The Morgan fingerprint density at radius 1 is 1.15 bits per heavy atom. The summed E-state index contributed by atoms with van der Waals surface area (Å²) < 4.78 is 0.897. The van der Waals surface area contributed by atoms with Crippen LogP contribution in [0.3, 0.4) is 0 Å². The smallest absolute Gasteiger partial charge is 0.117 e. The molecule has 0 radical (unpaired) electrons. The predicted molar refractivity (Wildman–Crippen MR) is 59.1 cm³/mol. The molecule has 0 atom stereocenters. The summed E-state index contributed by atoms with van der Waals surface area (Å²) in [5, 5.41) is 13.4. The van der Waals surface area contributed by atoms with E-state index >= 15 is 0 Å². The summed E-state index contributed by atoms with van der Waals surface area (Å²) in [5.74, 6) is 0.288. The van der Waals surface area contributed by atoms with E-state index in [1.165, 1.54) is 0 Å². The van der Waals surface area contributed by atoms with Crippen molar-refractivity contribution in [1.82, 2.24) is 0 Å². The van der Waals surface area contributed by atoms with Crippen molar-refractivity contribution in [2.45, 2.75) is 0 Å². The first-order valence-corrected chi connectivity index (χ1v) is 5.51. The normalized spacial score (nSPS) is 10.2. The summed E-state index contributed by atoms with van der Waals surface area (Å²) in [6.07, 6.45) is 0. The topological polar surface area (TPSA) is 20.2 Å². The molecule has 1 nitrogen and oxygen atoms in total. The maximum Gasteiger partial charge on any atom is 0.117 e. The zero-order chi connectivity index (χ0) is 9.26. The number of aromatic hydroxyl groups is 1. The van der Waals surface area contributed by atoms with E-state index in [2.05, 4.69) is 21.3 Å². The summed E-state index contributed by atoms with van der Waals surface area (Å²) >= 11 is 4.99. The van der Waals surface area contributed by atoms with Gasteiger partial charge in [0.05, 0.1) is 0 Å². The number of rotatable bonds is 1. The summed E-state index contributed by atoms with van der Waals surface area (Å²) in [7, 11) is 0. The lowest BCUT2D eigenvalue weighted by Crippen LogP contribution is -1.74. The Morgan fingerprint density at radius 2 is 2.00 bits per heavy atom. The first-order chi connectivity index (χ1) is 6.25. The fourth-order valence-corrected chi connectivity index (χ4v) is 2.32. The number of benzene rings is 1. The second-order valence-corrected chi connectivity index (χ2v) is 4.41. The molecule has 2 rings (SSSR count). The molecule has 0 aliphatic carbocycles. The number of hydrogen-bond acceptors (Lipinski definition) is 2. The molecule has 1 heterocycles. The van der Waals surface area contributed by atoms with Crippen LogP contribution in [0.15, 0.2) is 39.5 Å². The van der Waals surface area contributed by atoms with Crippen LogP contribution in [0.2, 0.25) is 0 Å². The third-order valence-corrected chi connectivity index (χ3v) is 2.88. The summed E-state index contributed by atoms with van der Waals surface area (Å²) in [6, 6.07) is 7.45. The van der Waals surface area contributed by atoms with Crippen LogP contribution in [-0.2, 0) is 0 Å². The molecule has 0 saturated heterocycles. The standard InChI is InChI=1S/C10H7BrOS/c11-9-3-8(4-10(12)5-9)7-1-2-13-6-7/h1-6,12H. The molecule has 1 aromatic heterocycles. The number of phenols is 1. The Labute approximate surface area is 88.8 Å². The van der Waals surface area contributed by atoms with Crippen LogP contribution in [0, 0.1) is 0 Å². The van der Waals surface area contributed by atoms with Crippen molar-refractivity contribution in [1.29, 1.82) is 0 Å². The van der Waals surface area contributed by atoms with E-state index < -0.39 is 0 Å². The summed E-state index contributed by atoms with van der Waals surface area (Å²) in [6.45, 7) is 0. The zero-order valence-electron chi connectivity index (χ0n) is 6.70. The fraction of sp³-hybridized carbons (Fsp3) is 0. The molecule has 0 fully saturated rings. The van der Waals surface area contributed by atoms with Gasteiger partial charge in [-0.25, -0.2) is 0 Å². The number of halogens is 1. The molecule has 0 aliphatic rings. The van der Waals surface area contributed by atoms with E-state index in [-0.39, 0.29) is 5.75 Å². The Hall–Kier alpha value is -0.800. The summed E-state index contributed by atoms with van der Waals surface area (Å²) in [4.78, 5) is 0. The second kappa shape index (κ2) is 3.52. The number of phenolic OH excluding ortho intramolecular Hbond substituents is 1. The molecule has 0 spiro atoms. The van der Waals surface area contributed by atoms with Gasteiger partial charge in [0.25, 0.3) is 0 Å². The van der Waals surface area contributed by atoms with Crippen LogP contribution < -0.4 is 0 Å². The van der Waals surface area contributed by atoms with E-state index in [4.69, 9.17) is 0 Å². The highest BCUT2D eigenvalue weighted by atomic mass is 79.9. The van der Waals surface area contributed by atoms with Gasteiger partial charge in [-0.3, -0.25) is 0 Å². The Balaban J connectivity index is 2.53. The quantitative estimate of drug-likeness (QED) is 0.819. The molecule has 1 aromatic carbocycles. The fourth-order valence-electron chi connectivity index (χ4n) is 1.17. The molecular formula is C10H7BrOS. The van der Waals surface area contributed by atoms with Crippen molar-refractivity contribution < 1.29 is 5.11 Å². The lowest BCUT2D eigenvalue weighted by Gasteiger charge is -2.00. The van der Waals surface area contributed by atoms with Gasteiger partial charge < -0.3 is 5.11 Å². The monoisotopic (exact) mass is 254 g/mol. The minimum atomic E-state index is 0.288. The molecule has 0 saturated carbocycles. The van der Waals surface area contributed by atoms with Crippen LogP contribution >= 0.6 is 27.3 Å². The maximum absolute atomic E-state index is 9.37. The molecule has 0 amide bonds. The third-order valence-electron chi connectivity index (χ3n) is 1.74. The average Bonchev–Trinajstić information content (AvgIpc) is 2.53. The first-order valence-electron chi connectivity index (χ1n) is 3.78. The van der Waals surface area contributed by atoms with Crippen molar-refractivity contribution in [2.24, 2.45) is 0 Å². The Morgan fingerprint density at radius 3 is 2.62 bits per heavy atom. The molecular weight excluding hydrogens is 248 g/mol. The van der Waals surface area contributed by atoms with Crippen LogP contribution in [0.1, 0.15) is 0 Å². The lowest BCUT2D eigenvalue weighted by molar-refractivity contribution is 0.475. The van der Waals surface area contributed by atoms with Crippen LogP contribution in [0.4, 0.5) is 0 Å². The molecule has 66 valence electrons. The van der Waals surface area contributed by atoms with E-state index in [1.54, 1.807) is 23.5 Å². The second-order valence-electron chi connectivity index (χ2n) is 2.71. The molecule has 0 bridgehead atoms. The highest BCUT2D eigenvalue weighted by Crippen LogP contribution is 2.29. The molecule has 3 heteroatoms. The van der Waals surface area contributed by atoms with Gasteiger partial charge in [-0.05, 0) is 46.2 Å². The minimum Gasteiger partial charge on any atom is -0.508 e. The number of thiophene rings is 1. The molecule has 0 aliphatic heterocycles. The molecule has 1 N–H and O–H groups in total. The van der Waals surface area contributed by atoms with Crippen molar-refractivity contribution >= 4 is 27.3 Å². The minimum absolute atomic E-state index is 0.288. The van der Waals surface area contributed by atoms with Gasteiger partial charge in [0.15, 0.2) is 0 Å². The van der Waals surface area contributed by atoms with Crippen molar-refractivity contribution in [3.05, 3.63) is 39.5 Å². The Kier molecular flexibility index (Phi) is 2.38. The van der Waals surface area contributed by atoms with Crippen LogP contribution in [0.5, 0.6) is 5.75 Å². The average molecular weight is 255 g/mol. The van der Waals surface area contributed by atoms with Gasteiger partial charge in [-0.1, -0.05) is 15.9 Å². The van der Waals surface area contributed by atoms with Crippen LogP contribution in [-0.4, -0.2) is 5.11 Å².